The Hall–Kier alpha value is -1.30. The molecule has 1 unspecified atom stereocenters. The number of nitrogens with zero attached hydrogens (tertiary/aromatic N) is 1. The predicted octanol–water partition coefficient (Wildman–Crippen LogP) is 0.0526. The van der Waals surface area contributed by atoms with Crippen LogP contribution in [-0.2, 0) is 9.53 Å². The Morgan fingerprint density at radius 2 is 2.20 bits per heavy atom. The van der Waals surface area contributed by atoms with E-state index >= 15 is 0 Å². The van der Waals surface area contributed by atoms with Crippen molar-refractivity contribution in [1.29, 1.82) is 0 Å². The van der Waals surface area contributed by atoms with E-state index in [-0.39, 0.29) is 11.7 Å². The van der Waals surface area contributed by atoms with Crippen LogP contribution in [0.4, 0.5) is 0 Å². The first-order chi connectivity index (χ1) is 6.88. The molecule has 0 heterocycles. The minimum Gasteiger partial charge on any atom is -0.409 e. The Morgan fingerprint density at radius 3 is 2.53 bits per heavy atom. The fourth-order valence-electron chi connectivity index (χ4n) is 0.880. The van der Waals surface area contributed by atoms with Gasteiger partial charge in [0.1, 0.15) is 5.60 Å². The number of ether oxygens (including phenoxy) is 1. The van der Waals surface area contributed by atoms with Gasteiger partial charge in [0.2, 0.25) is 0 Å². The average molecular weight is 217 g/mol. The molecule has 0 saturated heterocycles. The summed E-state index contributed by atoms with van der Waals surface area (Å²) in [5, 5.41) is 14.0. The van der Waals surface area contributed by atoms with E-state index in [1.807, 2.05) is 6.92 Å². The van der Waals surface area contributed by atoms with E-state index < -0.39 is 11.6 Å². The van der Waals surface area contributed by atoms with Gasteiger partial charge in [-0.2, -0.15) is 0 Å². The molecule has 0 radical (unpaired) electrons. The lowest BCUT2D eigenvalue weighted by molar-refractivity contribution is -0.139. The molecule has 88 valence electrons. The quantitative estimate of drug-likeness (QED) is 0.262. The van der Waals surface area contributed by atoms with Crippen LogP contribution in [0.2, 0.25) is 0 Å². The number of rotatable bonds is 5. The molecule has 4 N–H and O–H groups in total. The lowest BCUT2D eigenvalue weighted by atomic mass is 10.1. The molecule has 0 rings (SSSR count). The third-order valence-corrected chi connectivity index (χ3v) is 2.24. The van der Waals surface area contributed by atoms with Gasteiger partial charge in [0, 0.05) is 7.11 Å². The van der Waals surface area contributed by atoms with Gasteiger partial charge in [-0.3, -0.25) is 4.79 Å². The zero-order valence-corrected chi connectivity index (χ0v) is 9.57. The molecule has 0 aromatic heterocycles. The lowest BCUT2D eigenvalue weighted by Gasteiger charge is -2.25. The second-order valence-electron chi connectivity index (χ2n) is 3.67. The van der Waals surface area contributed by atoms with Gasteiger partial charge < -0.3 is 21.0 Å². The maximum atomic E-state index is 11.7. The number of carbonyl (C=O) groups excluding carboxylic acids is 1. The summed E-state index contributed by atoms with van der Waals surface area (Å²) in [4.78, 5) is 11.7. The third kappa shape index (κ3) is 3.75. The fourth-order valence-corrected chi connectivity index (χ4v) is 0.880. The van der Waals surface area contributed by atoms with Gasteiger partial charge in [0.05, 0.1) is 6.04 Å². The molecule has 0 bridgehead atoms. The summed E-state index contributed by atoms with van der Waals surface area (Å²) in [7, 11) is 1.45. The van der Waals surface area contributed by atoms with Crippen molar-refractivity contribution in [2.24, 2.45) is 10.9 Å². The van der Waals surface area contributed by atoms with E-state index in [1.165, 1.54) is 7.11 Å². The first-order valence-electron chi connectivity index (χ1n) is 4.72. The van der Waals surface area contributed by atoms with Crippen molar-refractivity contribution in [2.45, 2.75) is 38.8 Å². The summed E-state index contributed by atoms with van der Waals surface area (Å²) in [6.07, 6.45) is 0.543. The number of hydrogen-bond donors (Lipinski definition) is 3. The highest BCUT2D eigenvalue weighted by Gasteiger charge is 2.29. The number of oxime groups is 1. The van der Waals surface area contributed by atoms with Gasteiger partial charge in [0.15, 0.2) is 5.84 Å². The number of amidine groups is 1. The summed E-state index contributed by atoms with van der Waals surface area (Å²) in [6, 6.07) is -0.475. The van der Waals surface area contributed by atoms with Gasteiger partial charge in [0.25, 0.3) is 5.91 Å². The van der Waals surface area contributed by atoms with Crippen molar-refractivity contribution in [3.8, 4) is 0 Å². The van der Waals surface area contributed by atoms with Crippen LogP contribution >= 0.6 is 0 Å². The van der Waals surface area contributed by atoms with Gasteiger partial charge >= 0.3 is 0 Å². The van der Waals surface area contributed by atoms with Crippen LogP contribution in [0.3, 0.4) is 0 Å². The highest BCUT2D eigenvalue weighted by molar-refractivity contribution is 5.92. The first-order valence-corrected chi connectivity index (χ1v) is 4.72. The Bertz CT molecular complexity index is 251. The van der Waals surface area contributed by atoms with Crippen molar-refractivity contribution < 1.29 is 14.7 Å². The van der Waals surface area contributed by atoms with Crippen LogP contribution in [0.1, 0.15) is 27.2 Å². The zero-order valence-electron chi connectivity index (χ0n) is 9.57. The van der Waals surface area contributed by atoms with Crippen molar-refractivity contribution in [3.05, 3.63) is 0 Å². The minimum atomic E-state index is -0.927. The standard InChI is InChI=1S/C9H19N3O3/c1-5-6(7(10)12-14)11-8(13)9(2,3)15-4/h6,14H,5H2,1-4H3,(H2,10,12)(H,11,13). The Kier molecular flexibility index (Phi) is 5.07. The maximum absolute atomic E-state index is 11.7. The normalized spacial score (nSPS) is 14.8. The van der Waals surface area contributed by atoms with Crippen molar-refractivity contribution in [2.75, 3.05) is 7.11 Å². The largest absolute Gasteiger partial charge is 0.409 e. The molecule has 0 aromatic rings. The SMILES string of the molecule is CCC(NC(=O)C(C)(C)OC)C(N)=NO. The summed E-state index contributed by atoms with van der Waals surface area (Å²) in [6.45, 7) is 5.10. The summed E-state index contributed by atoms with van der Waals surface area (Å²) >= 11 is 0. The number of nitrogens with two attached hydrogens (primary N) is 1. The Morgan fingerprint density at radius 1 is 1.67 bits per heavy atom. The fraction of sp³-hybridized carbons (Fsp3) is 0.778. The van der Waals surface area contributed by atoms with E-state index in [0.717, 1.165) is 0 Å². The second kappa shape index (κ2) is 5.55. The summed E-state index contributed by atoms with van der Waals surface area (Å²) < 4.78 is 5.00. The van der Waals surface area contributed by atoms with Gasteiger partial charge in [-0.05, 0) is 20.3 Å². The average Bonchev–Trinajstić information content (AvgIpc) is 2.24. The smallest absolute Gasteiger partial charge is 0.252 e. The van der Waals surface area contributed by atoms with Gasteiger partial charge in [-0.15, -0.1) is 0 Å². The van der Waals surface area contributed by atoms with E-state index in [0.29, 0.717) is 6.42 Å². The first kappa shape index (κ1) is 13.7. The molecule has 0 spiro atoms. The molecule has 0 saturated carbocycles. The maximum Gasteiger partial charge on any atom is 0.252 e. The summed E-state index contributed by atoms with van der Waals surface area (Å²) in [5.41, 5.74) is 4.48. The van der Waals surface area contributed by atoms with Crippen LogP contribution in [0, 0.1) is 0 Å². The molecule has 6 heteroatoms. The van der Waals surface area contributed by atoms with E-state index in [2.05, 4.69) is 10.5 Å². The third-order valence-electron chi connectivity index (χ3n) is 2.24. The number of nitrogens with one attached hydrogen (secondary N) is 1. The van der Waals surface area contributed by atoms with Crippen LogP contribution in [0.15, 0.2) is 5.16 Å². The molecule has 6 nitrogen and oxygen atoms in total. The molecule has 0 aliphatic heterocycles. The van der Waals surface area contributed by atoms with E-state index in [9.17, 15) is 4.79 Å². The van der Waals surface area contributed by atoms with E-state index in [1.54, 1.807) is 13.8 Å². The molecule has 1 atom stereocenters. The summed E-state index contributed by atoms with van der Waals surface area (Å²) in [5.74, 6) is -0.318. The van der Waals surface area contributed by atoms with Crippen molar-refractivity contribution in [1.82, 2.24) is 5.32 Å². The highest BCUT2D eigenvalue weighted by atomic mass is 16.5. The van der Waals surface area contributed by atoms with Crippen LogP contribution in [0.5, 0.6) is 0 Å². The number of methoxy groups -OCH3 is 1. The molecule has 1 amide bonds. The van der Waals surface area contributed by atoms with Crippen molar-refractivity contribution >= 4 is 11.7 Å². The van der Waals surface area contributed by atoms with Gasteiger partial charge in [-0.1, -0.05) is 12.1 Å². The second-order valence-corrected chi connectivity index (χ2v) is 3.67. The highest BCUT2D eigenvalue weighted by Crippen LogP contribution is 2.08. The van der Waals surface area contributed by atoms with Crippen LogP contribution in [-0.4, -0.2) is 35.7 Å². The minimum absolute atomic E-state index is 0.0160. The monoisotopic (exact) mass is 217 g/mol. The molecular formula is C9H19N3O3. The van der Waals surface area contributed by atoms with Crippen LogP contribution in [0.25, 0.3) is 0 Å². The van der Waals surface area contributed by atoms with Gasteiger partial charge in [-0.25, -0.2) is 0 Å². The molecule has 0 fully saturated rings. The zero-order chi connectivity index (χ0) is 12.1. The number of hydrogen-bond acceptors (Lipinski definition) is 4. The molecular weight excluding hydrogens is 198 g/mol. The molecule has 0 aliphatic carbocycles. The Labute approximate surface area is 89.5 Å². The van der Waals surface area contributed by atoms with Crippen LogP contribution < -0.4 is 11.1 Å². The molecule has 0 aromatic carbocycles. The lowest BCUT2D eigenvalue weighted by Crippen LogP contribution is -2.51. The molecule has 15 heavy (non-hydrogen) atoms. The predicted molar refractivity (Wildman–Crippen MR) is 56.7 cm³/mol. The topological polar surface area (TPSA) is 96.9 Å². The van der Waals surface area contributed by atoms with Crippen molar-refractivity contribution in [3.63, 3.8) is 0 Å². The van der Waals surface area contributed by atoms with E-state index in [4.69, 9.17) is 15.7 Å². The number of amides is 1. The molecule has 0 aliphatic rings. The Balaban J connectivity index is 4.51. The number of carbonyl (C=O) groups is 1.